The molecule has 2 aromatic heterocycles. The van der Waals surface area contributed by atoms with Crippen molar-refractivity contribution in [3.8, 4) is 45.9 Å². The number of hydrogen-bond donors (Lipinski definition) is 0. The molecule has 0 saturated carbocycles. The van der Waals surface area contributed by atoms with Crippen molar-refractivity contribution in [3.63, 3.8) is 0 Å². The molecule has 5 nitrogen and oxygen atoms in total. The Kier molecular flexibility index (Phi) is 7.04. The molecule has 7 aromatic rings. The quantitative estimate of drug-likeness (QED) is 0.187. The van der Waals surface area contributed by atoms with Crippen LogP contribution in [0.5, 0.6) is 0 Å². The maximum absolute atomic E-state index is 9.52. The van der Waals surface area contributed by atoms with E-state index in [9.17, 15) is 5.26 Å². The highest BCUT2D eigenvalue weighted by atomic mass is 15.2. The highest BCUT2D eigenvalue weighted by Crippen LogP contribution is 2.59. The first-order valence-corrected chi connectivity index (χ1v) is 17.8. The lowest BCUT2D eigenvalue weighted by Gasteiger charge is -2.35. The lowest BCUT2D eigenvalue weighted by Crippen LogP contribution is -2.27. The van der Waals surface area contributed by atoms with Crippen LogP contribution in [0.2, 0.25) is 0 Å². The summed E-state index contributed by atoms with van der Waals surface area (Å²) in [5.74, 6) is 1.64. The van der Waals surface area contributed by atoms with Gasteiger partial charge in [0.1, 0.15) is 0 Å². The van der Waals surface area contributed by atoms with Crippen LogP contribution in [-0.4, -0.2) is 19.5 Å². The van der Waals surface area contributed by atoms with Gasteiger partial charge in [0.25, 0.3) is 0 Å². The Morgan fingerprint density at radius 3 is 2.13 bits per heavy atom. The van der Waals surface area contributed by atoms with Gasteiger partial charge in [0, 0.05) is 32.9 Å². The topological polar surface area (TPSA) is 67.4 Å². The van der Waals surface area contributed by atoms with E-state index in [1.54, 1.807) is 0 Å². The van der Waals surface area contributed by atoms with E-state index in [4.69, 9.17) is 21.5 Å². The third-order valence-corrected chi connectivity index (χ3v) is 10.9. The van der Waals surface area contributed by atoms with Crippen LogP contribution in [0.15, 0.2) is 134 Å². The molecular weight excluding hydrogens is 635 g/mol. The van der Waals surface area contributed by atoms with Gasteiger partial charge >= 0.3 is 0 Å². The van der Waals surface area contributed by atoms with Gasteiger partial charge in [-0.25, -0.2) is 4.98 Å². The Morgan fingerprint density at radius 1 is 0.712 bits per heavy atom. The van der Waals surface area contributed by atoms with E-state index in [2.05, 4.69) is 111 Å². The lowest BCUT2D eigenvalue weighted by molar-refractivity contribution is 0.513. The Labute approximate surface area is 304 Å². The summed E-state index contributed by atoms with van der Waals surface area (Å²) in [5, 5.41) is 11.8. The summed E-state index contributed by atoms with van der Waals surface area (Å²) in [4.78, 5) is 15.5. The fourth-order valence-corrected chi connectivity index (χ4v) is 8.50. The van der Waals surface area contributed by atoms with Crippen molar-refractivity contribution in [3.05, 3.63) is 162 Å². The molecule has 0 unspecified atom stereocenters. The Morgan fingerprint density at radius 2 is 1.38 bits per heavy atom. The molecule has 2 heterocycles. The van der Waals surface area contributed by atoms with Crippen molar-refractivity contribution in [2.75, 3.05) is 0 Å². The van der Waals surface area contributed by atoms with Gasteiger partial charge in [-0.3, -0.25) is 4.57 Å². The molecule has 52 heavy (non-hydrogen) atoms. The van der Waals surface area contributed by atoms with Crippen LogP contribution in [0.4, 0.5) is 0 Å². The van der Waals surface area contributed by atoms with Gasteiger partial charge in [0.15, 0.2) is 11.6 Å². The molecule has 2 aliphatic carbocycles. The Balaban J connectivity index is 1.50. The average molecular weight is 672 g/mol. The van der Waals surface area contributed by atoms with Crippen LogP contribution < -0.4 is 0 Å². The average Bonchev–Trinajstić information content (AvgIpc) is 3.64. The van der Waals surface area contributed by atoms with Crippen LogP contribution in [-0.2, 0) is 10.8 Å². The summed E-state index contributed by atoms with van der Waals surface area (Å²) in [6.07, 6.45) is 9.55. The number of fused-ring (bicyclic) bond motifs is 10. The number of allylic oxidation sites excluding steroid dienone is 5. The van der Waals surface area contributed by atoms with Crippen molar-refractivity contribution in [1.82, 2.24) is 19.5 Å². The van der Waals surface area contributed by atoms with Gasteiger partial charge in [-0.15, -0.1) is 0 Å². The third kappa shape index (κ3) is 4.64. The van der Waals surface area contributed by atoms with Crippen LogP contribution >= 0.6 is 0 Å². The fraction of sp³-hybridized carbons (Fsp3) is 0.149. The molecule has 0 fully saturated rings. The van der Waals surface area contributed by atoms with Gasteiger partial charge in [0.2, 0.25) is 5.95 Å². The van der Waals surface area contributed by atoms with Gasteiger partial charge < -0.3 is 0 Å². The molecule has 5 aromatic carbocycles. The van der Waals surface area contributed by atoms with Crippen molar-refractivity contribution in [2.24, 2.45) is 0 Å². The van der Waals surface area contributed by atoms with E-state index in [0.29, 0.717) is 23.2 Å². The minimum absolute atomic E-state index is 0.235. The fourth-order valence-electron chi connectivity index (χ4n) is 8.50. The molecule has 0 bridgehead atoms. The van der Waals surface area contributed by atoms with Crippen LogP contribution in [0.3, 0.4) is 0 Å². The standard InChI is InChI=1S/C47H37N5/c1-29-16-8-7-15-27-46(2,3)40-37(29)42-39(38-33-19-11-13-21-35(33)47(4,5)41(38)40)34-20-12-14-22-36(34)52(42)45-50-43(31-17-9-6-10-18-31)49-44(51-45)32-25-23-30(28-48)24-26-32/h6-26H,1,27H2,2-5H3/b15-7-,16-8-. The van der Waals surface area contributed by atoms with E-state index in [1.165, 1.54) is 33.2 Å². The zero-order valence-corrected chi connectivity index (χ0v) is 29.8. The van der Waals surface area contributed by atoms with Crippen LogP contribution in [0.1, 0.15) is 61.9 Å². The molecule has 0 saturated heterocycles. The van der Waals surface area contributed by atoms with Crippen molar-refractivity contribution in [1.29, 1.82) is 5.26 Å². The van der Waals surface area contributed by atoms with Crippen LogP contribution in [0.25, 0.3) is 67.2 Å². The minimum atomic E-state index is -0.247. The Hall–Kier alpha value is -6.38. The SMILES string of the molecule is C=C1/C=C\C=C/CC(C)(C)c2c3c(c4c5ccccc5n(-c5nc(-c6ccccc6)nc(-c6ccc(C#N)cc6)n5)c4c21)-c1ccccc1C3(C)C. The predicted molar refractivity (Wildman–Crippen MR) is 212 cm³/mol. The number of para-hydroxylation sites is 1. The Bertz CT molecular complexity index is 2720. The second-order valence-electron chi connectivity index (χ2n) is 15.0. The van der Waals surface area contributed by atoms with Crippen molar-refractivity contribution < 1.29 is 0 Å². The van der Waals surface area contributed by atoms with Gasteiger partial charge in [-0.05, 0) is 75.6 Å². The minimum Gasteiger partial charge on any atom is -0.277 e. The summed E-state index contributed by atoms with van der Waals surface area (Å²) >= 11 is 0. The molecule has 9 rings (SSSR count). The molecule has 250 valence electrons. The summed E-state index contributed by atoms with van der Waals surface area (Å²) < 4.78 is 2.25. The zero-order chi connectivity index (χ0) is 35.8. The molecular formula is C47H37N5. The number of nitrogens with zero attached hydrogens (tertiary/aromatic N) is 5. The lowest BCUT2D eigenvalue weighted by atomic mass is 9.68. The number of benzene rings is 5. The molecule has 5 heteroatoms. The third-order valence-electron chi connectivity index (χ3n) is 10.9. The summed E-state index contributed by atoms with van der Waals surface area (Å²) in [6.45, 7) is 14.3. The molecule has 0 atom stereocenters. The number of hydrogen-bond acceptors (Lipinski definition) is 4. The molecule has 2 aliphatic rings. The number of rotatable bonds is 3. The first kappa shape index (κ1) is 31.6. The van der Waals surface area contributed by atoms with Gasteiger partial charge in [-0.1, -0.05) is 131 Å². The van der Waals surface area contributed by atoms with E-state index in [0.717, 1.165) is 45.1 Å². The maximum atomic E-state index is 9.52. The molecule has 0 spiro atoms. The second-order valence-corrected chi connectivity index (χ2v) is 15.0. The summed E-state index contributed by atoms with van der Waals surface area (Å²) in [7, 11) is 0. The predicted octanol–water partition coefficient (Wildman–Crippen LogP) is 11.3. The van der Waals surface area contributed by atoms with Crippen LogP contribution in [0, 0.1) is 11.3 Å². The van der Waals surface area contributed by atoms with Crippen molar-refractivity contribution in [2.45, 2.75) is 44.9 Å². The van der Waals surface area contributed by atoms with Gasteiger partial charge in [-0.2, -0.15) is 15.2 Å². The molecule has 0 aliphatic heterocycles. The van der Waals surface area contributed by atoms with Crippen molar-refractivity contribution >= 4 is 27.4 Å². The first-order valence-electron chi connectivity index (χ1n) is 17.8. The number of nitriles is 1. The highest BCUT2D eigenvalue weighted by Gasteiger charge is 2.44. The maximum Gasteiger partial charge on any atom is 0.238 e. The van der Waals surface area contributed by atoms with E-state index >= 15 is 0 Å². The smallest absolute Gasteiger partial charge is 0.238 e. The van der Waals surface area contributed by atoms with E-state index in [-0.39, 0.29) is 10.8 Å². The largest absolute Gasteiger partial charge is 0.277 e. The first-order chi connectivity index (χ1) is 25.2. The van der Waals surface area contributed by atoms with E-state index < -0.39 is 0 Å². The summed E-state index contributed by atoms with van der Waals surface area (Å²) in [5.41, 5.74) is 12.5. The van der Waals surface area contributed by atoms with Gasteiger partial charge in [0.05, 0.1) is 22.7 Å². The summed E-state index contributed by atoms with van der Waals surface area (Å²) in [6, 6.07) is 37.3. The van der Waals surface area contributed by atoms with E-state index in [1.807, 2.05) is 54.6 Å². The highest BCUT2D eigenvalue weighted by molar-refractivity contribution is 6.21. The zero-order valence-electron chi connectivity index (χ0n) is 29.8. The second kappa shape index (κ2) is 11.6. The molecule has 0 radical (unpaired) electrons. The monoisotopic (exact) mass is 671 g/mol. The molecule has 0 amide bonds. The normalized spacial score (nSPS) is 16.6. The molecule has 0 N–H and O–H groups in total. The number of aromatic nitrogens is 4.